The van der Waals surface area contributed by atoms with Gasteiger partial charge in [0.25, 0.3) is 0 Å². The van der Waals surface area contributed by atoms with Gasteiger partial charge >= 0.3 is 0 Å². The van der Waals surface area contributed by atoms with Crippen molar-refractivity contribution in [3.8, 4) is 0 Å². The highest BCUT2D eigenvalue weighted by Gasteiger charge is 2.18. The molecule has 1 amide bonds. The first-order chi connectivity index (χ1) is 14.2. The van der Waals surface area contributed by atoms with Crippen LogP contribution in [0, 0.1) is 19.7 Å². The Balaban J connectivity index is 1.74. The van der Waals surface area contributed by atoms with E-state index in [1.165, 1.54) is 16.6 Å². The Morgan fingerprint density at radius 3 is 2.43 bits per heavy atom. The summed E-state index contributed by atoms with van der Waals surface area (Å²) in [5.41, 5.74) is 3.26. The predicted molar refractivity (Wildman–Crippen MR) is 123 cm³/mol. The lowest BCUT2D eigenvalue weighted by atomic mass is 10.1. The van der Waals surface area contributed by atoms with Crippen molar-refractivity contribution in [1.82, 2.24) is 5.32 Å². The van der Waals surface area contributed by atoms with Crippen LogP contribution in [0.2, 0.25) is 0 Å². The maximum atomic E-state index is 13.6. The van der Waals surface area contributed by atoms with Crippen molar-refractivity contribution >= 4 is 33.4 Å². The Labute approximate surface area is 183 Å². The van der Waals surface area contributed by atoms with Crippen LogP contribution in [0.3, 0.4) is 0 Å². The fourth-order valence-electron chi connectivity index (χ4n) is 3.11. The van der Waals surface area contributed by atoms with Gasteiger partial charge in [0.1, 0.15) is 5.82 Å². The van der Waals surface area contributed by atoms with Crippen LogP contribution in [0.25, 0.3) is 0 Å². The largest absolute Gasteiger partial charge is 0.355 e. The highest BCUT2D eigenvalue weighted by atomic mass is 32.2. The number of rotatable bonds is 11. The van der Waals surface area contributed by atoms with Crippen molar-refractivity contribution in [3.05, 3.63) is 65.0 Å². The second-order valence-corrected chi connectivity index (χ2v) is 10.3. The quantitative estimate of drug-likeness (QED) is 0.523. The topological polar surface area (TPSA) is 66.5 Å². The first-order valence-corrected chi connectivity index (χ1v) is 12.8. The van der Waals surface area contributed by atoms with Gasteiger partial charge in [-0.2, -0.15) is 11.8 Å². The van der Waals surface area contributed by atoms with Crippen molar-refractivity contribution in [2.45, 2.75) is 32.4 Å². The van der Waals surface area contributed by atoms with Gasteiger partial charge in [-0.1, -0.05) is 24.3 Å². The first-order valence-electron chi connectivity index (χ1n) is 9.80. The van der Waals surface area contributed by atoms with E-state index in [2.05, 4.69) is 5.32 Å². The maximum Gasteiger partial charge on any atom is 0.232 e. The normalized spacial score (nSPS) is 11.3. The van der Waals surface area contributed by atoms with Gasteiger partial charge in [-0.15, -0.1) is 0 Å². The molecule has 0 aromatic heterocycles. The van der Waals surface area contributed by atoms with Gasteiger partial charge in [-0.05, 0) is 55.2 Å². The number of sulfonamides is 1. The van der Waals surface area contributed by atoms with Crippen LogP contribution in [0.4, 0.5) is 10.1 Å². The maximum absolute atomic E-state index is 13.6. The Kier molecular flexibility index (Phi) is 9.17. The standard InChI is InChI=1S/C22H29FN2O3S2/c1-17-13-18(2)15-20(14-17)25(30(3,27)28)11-6-9-22(26)24-10-12-29-16-19-7-4-5-8-21(19)23/h4-5,7-8,13-15H,6,9-12,16H2,1-3H3,(H,24,26). The van der Waals surface area contributed by atoms with Gasteiger partial charge in [0.05, 0.1) is 11.9 Å². The smallest absolute Gasteiger partial charge is 0.232 e. The third kappa shape index (κ3) is 7.99. The average molecular weight is 453 g/mol. The number of halogens is 1. The van der Waals surface area contributed by atoms with Crippen LogP contribution in [-0.4, -0.2) is 39.4 Å². The molecule has 0 radical (unpaired) electrons. The van der Waals surface area contributed by atoms with Crippen molar-refractivity contribution in [3.63, 3.8) is 0 Å². The summed E-state index contributed by atoms with van der Waals surface area (Å²) in [5.74, 6) is 0.906. The number of anilines is 1. The molecule has 8 heteroatoms. The molecule has 164 valence electrons. The Bertz CT molecular complexity index is 944. The van der Waals surface area contributed by atoms with Crippen LogP contribution < -0.4 is 9.62 Å². The van der Waals surface area contributed by atoms with Crippen molar-refractivity contribution in [1.29, 1.82) is 0 Å². The summed E-state index contributed by atoms with van der Waals surface area (Å²) < 4.78 is 39.3. The van der Waals surface area contributed by atoms with Crippen LogP contribution in [0.1, 0.15) is 29.5 Å². The second kappa shape index (κ2) is 11.4. The molecule has 0 aliphatic rings. The van der Waals surface area contributed by atoms with Gasteiger partial charge in [0, 0.05) is 31.0 Å². The summed E-state index contributed by atoms with van der Waals surface area (Å²) >= 11 is 1.55. The number of aryl methyl sites for hydroxylation is 2. The summed E-state index contributed by atoms with van der Waals surface area (Å²) in [7, 11) is -3.44. The molecule has 0 saturated heterocycles. The number of nitrogens with one attached hydrogen (secondary N) is 1. The minimum Gasteiger partial charge on any atom is -0.355 e. The van der Waals surface area contributed by atoms with E-state index in [9.17, 15) is 17.6 Å². The fraction of sp³-hybridized carbons (Fsp3) is 0.409. The molecule has 0 aliphatic heterocycles. The van der Waals surface area contributed by atoms with Gasteiger partial charge < -0.3 is 5.32 Å². The van der Waals surface area contributed by atoms with Gasteiger partial charge in [-0.3, -0.25) is 9.10 Å². The summed E-state index contributed by atoms with van der Waals surface area (Å²) in [6, 6.07) is 12.3. The first kappa shape index (κ1) is 24.2. The van der Waals surface area contributed by atoms with Crippen LogP contribution in [0.5, 0.6) is 0 Å². The second-order valence-electron chi connectivity index (χ2n) is 7.28. The lowest BCUT2D eigenvalue weighted by Crippen LogP contribution is -2.32. The Morgan fingerprint density at radius 2 is 1.80 bits per heavy atom. The molecule has 0 fully saturated rings. The molecule has 0 bridgehead atoms. The van der Waals surface area contributed by atoms with E-state index in [1.54, 1.807) is 30.0 Å². The monoisotopic (exact) mass is 452 g/mol. The van der Waals surface area contributed by atoms with Crippen LogP contribution in [-0.2, 0) is 20.6 Å². The molecular formula is C22H29FN2O3S2. The number of amides is 1. The van der Waals surface area contributed by atoms with Gasteiger partial charge in [0.2, 0.25) is 15.9 Å². The SMILES string of the molecule is Cc1cc(C)cc(N(CCCC(=O)NCCSCc2ccccc2F)S(C)(=O)=O)c1. The number of hydrogen-bond acceptors (Lipinski definition) is 4. The number of carbonyl (C=O) groups excluding carboxylic acids is 1. The molecule has 0 saturated carbocycles. The number of hydrogen-bond donors (Lipinski definition) is 1. The third-order valence-corrected chi connectivity index (χ3v) is 6.65. The number of benzene rings is 2. The van der Waals surface area contributed by atoms with Crippen molar-refractivity contribution in [2.24, 2.45) is 0 Å². The fourth-order valence-corrected chi connectivity index (χ4v) is 4.91. The van der Waals surface area contributed by atoms with E-state index in [-0.39, 0.29) is 24.7 Å². The molecule has 0 spiro atoms. The molecule has 5 nitrogen and oxygen atoms in total. The number of carbonyl (C=O) groups is 1. The van der Waals surface area contributed by atoms with Crippen molar-refractivity contribution in [2.75, 3.05) is 29.4 Å². The minimum atomic E-state index is -3.44. The van der Waals surface area contributed by atoms with Crippen LogP contribution >= 0.6 is 11.8 Å². The molecule has 0 unspecified atom stereocenters. The molecule has 2 rings (SSSR count). The highest BCUT2D eigenvalue weighted by molar-refractivity contribution is 7.98. The zero-order chi connectivity index (χ0) is 22.1. The average Bonchev–Trinajstić information content (AvgIpc) is 2.64. The Morgan fingerprint density at radius 1 is 1.13 bits per heavy atom. The number of nitrogens with zero attached hydrogens (tertiary/aromatic N) is 1. The summed E-state index contributed by atoms with van der Waals surface area (Å²) in [6.07, 6.45) is 1.85. The van der Waals surface area contributed by atoms with E-state index in [0.717, 1.165) is 11.1 Å². The third-order valence-electron chi connectivity index (χ3n) is 4.44. The van der Waals surface area contributed by atoms with E-state index in [1.807, 2.05) is 32.0 Å². The molecule has 30 heavy (non-hydrogen) atoms. The van der Waals surface area contributed by atoms with Gasteiger partial charge in [0.15, 0.2) is 0 Å². The van der Waals surface area contributed by atoms with E-state index < -0.39 is 10.0 Å². The zero-order valence-corrected chi connectivity index (χ0v) is 19.3. The summed E-state index contributed by atoms with van der Waals surface area (Å²) in [4.78, 5) is 12.1. The number of thioether (sulfide) groups is 1. The highest BCUT2D eigenvalue weighted by Crippen LogP contribution is 2.22. The summed E-state index contributed by atoms with van der Waals surface area (Å²) in [6.45, 7) is 4.59. The lowest BCUT2D eigenvalue weighted by Gasteiger charge is -2.23. The van der Waals surface area contributed by atoms with Gasteiger partial charge in [-0.25, -0.2) is 12.8 Å². The molecule has 0 heterocycles. The molecule has 0 aliphatic carbocycles. The van der Waals surface area contributed by atoms with E-state index in [4.69, 9.17) is 0 Å². The summed E-state index contributed by atoms with van der Waals surface area (Å²) in [5, 5.41) is 2.83. The van der Waals surface area contributed by atoms with E-state index >= 15 is 0 Å². The lowest BCUT2D eigenvalue weighted by molar-refractivity contribution is -0.121. The minimum absolute atomic E-state index is 0.115. The molecule has 2 aromatic rings. The predicted octanol–water partition coefficient (Wildman–Crippen LogP) is 4.04. The van der Waals surface area contributed by atoms with E-state index in [0.29, 0.717) is 35.7 Å². The molecule has 0 atom stereocenters. The Hall–Kier alpha value is -2.06. The molecular weight excluding hydrogens is 423 g/mol. The van der Waals surface area contributed by atoms with Crippen molar-refractivity contribution < 1.29 is 17.6 Å². The molecule has 1 N–H and O–H groups in total. The molecule has 2 aromatic carbocycles. The zero-order valence-electron chi connectivity index (χ0n) is 17.7. The van der Waals surface area contributed by atoms with Crippen LogP contribution in [0.15, 0.2) is 42.5 Å².